The summed E-state index contributed by atoms with van der Waals surface area (Å²) < 4.78 is 5.96. The van der Waals surface area contributed by atoms with Gasteiger partial charge < -0.3 is 9.84 Å². The second kappa shape index (κ2) is 5.07. The van der Waals surface area contributed by atoms with Crippen LogP contribution in [0.1, 0.15) is 15.4 Å². The van der Waals surface area contributed by atoms with Crippen LogP contribution in [-0.2, 0) is 0 Å². The van der Waals surface area contributed by atoms with Gasteiger partial charge in [0.1, 0.15) is 15.6 Å². The number of hydrogen-bond donors (Lipinski definition) is 1. The lowest BCUT2D eigenvalue weighted by Crippen LogP contribution is -1.94. The lowest BCUT2D eigenvalue weighted by atomic mass is 10.2. The van der Waals surface area contributed by atoms with Crippen LogP contribution in [0.4, 0.5) is 0 Å². The topological polar surface area (TPSA) is 59.4 Å². The predicted octanol–water partition coefficient (Wildman–Crippen LogP) is 3.59. The number of aryl methyl sites for hydroxylation is 1. The molecule has 1 aromatic heterocycles. The molecule has 0 saturated heterocycles. The minimum atomic E-state index is -0.941. The molecule has 6 heteroatoms. The quantitative estimate of drug-likeness (QED) is 0.935. The van der Waals surface area contributed by atoms with Gasteiger partial charge in [-0.05, 0) is 41.1 Å². The standard InChI is InChI=1S/C12H10BrNO3S/c1-6-10(12(15)16)18-11(14-6)7-3-4-9(17-2)8(13)5-7/h3-5H,1-2H3,(H,15,16). The third kappa shape index (κ3) is 2.39. The SMILES string of the molecule is COc1ccc(-c2nc(C)c(C(=O)O)s2)cc1Br. The molecule has 0 amide bonds. The lowest BCUT2D eigenvalue weighted by Gasteiger charge is -2.04. The van der Waals surface area contributed by atoms with Gasteiger partial charge in [-0.2, -0.15) is 0 Å². The molecule has 0 aliphatic carbocycles. The van der Waals surface area contributed by atoms with E-state index in [4.69, 9.17) is 9.84 Å². The van der Waals surface area contributed by atoms with Gasteiger partial charge in [0.05, 0.1) is 17.3 Å². The van der Waals surface area contributed by atoms with Gasteiger partial charge in [0.25, 0.3) is 0 Å². The van der Waals surface area contributed by atoms with Crippen LogP contribution in [0.5, 0.6) is 5.75 Å². The highest BCUT2D eigenvalue weighted by atomic mass is 79.9. The van der Waals surface area contributed by atoms with Crippen LogP contribution in [0.2, 0.25) is 0 Å². The maximum atomic E-state index is 11.0. The van der Waals surface area contributed by atoms with Gasteiger partial charge in [-0.15, -0.1) is 11.3 Å². The molecule has 1 aromatic carbocycles. The summed E-state index contributed by atoms with van der Waals surface area (Å²) in [5, 5.41) is 9.69. The van der Waals surface area contributed by atoms with Crippen molar-refractivity contribution in [3.8, 4) is 16.3 Å². The fraction of sp³-hybridized carbons (Fsp3) is 0.167. The largest absolute Gasteiger partial charge is 0.496 e. The highest BCUT2D eigenvalue weighted by Crippen LogP contribution is 2.33. The summed E-state index contributed by atoms with van der Waals surface area (Å²) in [6.45, 7) is 1.70. The molecule has 0 atom stereocenters. The molecule has 0 fully saturated rings. The van der Waals surface area contributed by atoms with Gasteiger partial charge >= 0.3 is 5.97 Å². The Bertz CT molecular complexity index is 609. The van der Waals surface area contributed by atoms with Crippen LogP contribution in [0.15, 0.2) is 22.7 Å². The molecule has 4 nitrogen and oxygen atoms in total. The number of rotatable bonds is 3. The Kier molecular flexibility index (Phi) is 3.68. The van der Waals surface area contributed by atoms with Gasteiger partial charge in [-0.3, -0.25) is 0 Å². The van der Waals surface area contributed by atoms with E-state index in [-0.39, 0.29) is 4.88 Å². The second-order valence-electron chi connectivity index (χ2n) is 3.59. The first-order chi connectivity index (χ1) is 8.52. The molecule has 18 heavy (non-hydrogen) atoms. The molecule has 1 N–H and O–H groups in total. The molecular formula is C12H10BrNO3S. The first-order valence-corrected chi connectivity index (χ1v) is 6.68. The number of aromatic carboxylic acids is 1. The zero-order chi connectivity index (χ0) is 13.3. The van der Waals surface area contributed by atoms with Crippen LogP contribution in [-0.4, -0.2) is 23.2 Å². The van der Waals surface area contributed by atoms with Crippen molar-refractivity contribution in [2.75, 3.05) is 7.11 Å². The van der Waals surface area contributed by atoms with Crippen molar-refractivity contribution in [3.05, 3.63) is 33.2 Å². The minimum Gasteiger partial charge on any atom is -0.496 e. The van der Waals surface area contributed by atoms with Gasteiger partial charge in [0.15, 0.2) is 0 Å². The number of aromatic nitrogens is 1. The molecule has 0 radical (unpaired) electrons. The van der Waals surface area contributed by atoms with Crippen molar-refractivity contribution in [1.82, 2.24) is 4.98 Å². The number of nitrogens with zero attached hydrogens (tertiary/aromatic N) is 1. The number of methoxy groups -OCH3 is 1. The lowest BCUT2D eigenvalue weighted by molar-refractivity contribution is 0.0701. The summed E-state index contributed by atoms with van der Waals surface area (Å²) in [5.41, 5.74) is 1.40. The molecule has 1 heterocycles. The van der Waals surface area contributed by atoms with Crippen LogP contribution >= 0.6 is 27.3 Å². The van der Waals surface area contributed by atoms with Crippen LogP contribution in [0, 0.1) is 6.92 Å². The summed E-state index contributed by atoms with van der Waals surface area (Å²) in [4.78, 5) is 15.5. The summed E-state index contributed by atoms with van der Waals surface area (Å²) in [7, 11) is 1.59. The number of carboxylic acid groups (broad SMARTS) is 1. The molecule has 0 unspecified atom stereocenters. The molecule has 0 bridgehead atoms. The number of carbonyl (C=O) groups is 1. The number of halogens is 1. The molecule has 2 rings (SSSR count). The Labute approximate surface area is 116 Å². The Hall–Kier alpha value is -1.40. The van der Waals surface area contributed by atoms with Gasteiger partial charge in [-0.25, -0.2) is 9.78 Å². The predicted molar refractivity (Wildman–Crippen MR) is 73.5 cm³/mol. The molecule has 0 aliphatic rings. The van der Waals surface area contributed by atoms with E-state index in [1.807, 2.05) is 18.2 Å². The molecule has 2 aromatic rings. The Morgan fingerprint density at radius 3 is 2.72 bits per heavy atom. The number of hydrogen-bond acceptors (Lipinski definition) is 4. The van der Waals surface area contributed by atoms with Crippen LogP contribution < -0.4 is 4.74 Å². The highest BCUT2D eigenvalue weighted by Gasteiger charge is 2.15. The van der Waals surface area contributed by atoms with Crippen LogP contribution in [0.3, 0.4) is 0 Å². The highest BCUT2D eigenvalue weighted by molar-refractivity contribution is 9.10. The molecular weight excluding hydrogens is 318 g/mol. The average molecular weight is 328 g/mol. The summed E-state index contributed by atoms with van der Waals surface area (Å²) in [6.07, 6.45) is 0. The Morgan fingerprint density at radius 2 is 2.22 bits per heavy atom. The average Bonchev–Trinajstić information content (AvgIpc) is 2.71. The van der Waals surface area contributed by atoms with E-state index in [2.05, 4.69) is 20.9 Å². The maximum Gasteiger partial charge on any atom is 0.347 e. The molecule has 0 aliphatic heterocycles. The van der Waals surface area contributed by atoms with E-state index in [0.717, 1.165) is 15.8 Å². The third-order valence-electron chi connectivity index (χ3n) is 2.39. The third-order valence-corrected chi connectivity index (χ3v) is 4.20. The second-order valence-corrected chi connectivity index (χ2v) is 5.44. The van der Waals surface area contributed by atoms with E-state index < -0.39 is 5.97 Å². The monoisotopic (exact) mass is 327 g/mol. The van der Waals surface area contributed by atoms with Crippen LogP contribution in [0.25, 0.3) is 10.6 Å². The van der Waals surface area contributed by atoms with Gasteiger partial charge in [0, 0.05) is 5.56 Å². The summed E-state index contributed by atoms with van der Waals surface area (Å²) in [5.74, 6) is -0.214. The molecule has 0 saturated carbocycles. The molecule has 94 valence electrons. The van der Waals surface area contributed by atoms with E-state index in [1.165, 1.54) is 11.3 Å². The number of ether oxygens (including phenoxy) is 1. The normalized spacial score (nSPS) is 10.4. The van der Waals surface area contributed by atoms with E-state index in [9.17, 15) is 4.79 Å². The smallest absolute Gasteiger partial charge is 0.347 e. The van der Waals surface area contributed by atoms with Crippen molar-refractivity contribution < 1.29 is 14.6 Å². The Morgan fingerprint density at radius 1 is 1.50 bits per heavy atom. The van der Waals surface area contributed by atoms with Crippen molar-refractivity contribution in [2.45, 2.75) is 6.92 Å². The zero-order valence-corrected chi connectivity index (χ0v) is 12.1. The van der Waals surface area contributed by atoms with E-state index >= 15 is 0 Å². The van der Waals surface area contributed by atoms with E-state index in [1.54, 1.807) is 14.0 Å². The fourth-order valence-corrected chi connectivity index (χ4v) is 2.96. The zero-order valence-electron chi connectivity index (χ0n) is 9.73. The first kappa shape index (κ1) is 13.0. The van der Waals surface area contributed by atoms with Crippen molar-refractivity contribution in [1.29, 1.82) is 0 Å². The van der Waals surface area contributed by atoms with Gasteiger partial charge in [-0.1, -0.05) is 0 Å². The summed E-state index contributed by atoms with van der Waals surface area (Å²) in [6, 6.07) is 5.53. The van der Waals surface area contributed by atoms with Gasteiger partial charge in [0.2, 0.25) is 0 Å². The van der Waals surface area contributed by atoms with Crippen molar-refractivity contribution in [3.63, 3.8) is 0 Å². The first-order valence-electron chi connectivity index (χ1n) is 5.07. The summed E-state index contributed by atoms with van der Waals surface area (Å²) >= 11 is 4.56. The number of benzene rings is 1. The van der Waals surface area contributed by atoms with Crippen molar-refractivity contribution in [2.24, 2.45) is 0 Å². The Balaban J connectivity index is 2.46. The number of carboxylic acids is 1. The number of thiazole rings is 1. The van der Waals surface area contributed by atoms with Crippen molar-refractivity contribution >= 4 is 33.2 Å². The maximum absolute atomic E-state index is 11.0. The minimum absolute atomic E-state index is 0.275. The fourth-order valence-electron chi connectivity index (χ4n) is 1.52. The van der Waals surface area contributed by atoms with E-state index in [0.29, 0.717) is 10.7 Å². The molecule has 0 spiro atoms.